The molecule has 1 aliphatic rings. The Morgan fingerprint density at radius 3 is 2.41 bits per heavy atom. The third kappa shape index (κ3) is 2.38. The number of nitrogens with one attached hydrogen (secondary N) is 1. The van der Waals surface area contributed by atoms with Crippen LogP contribution in [0.1, 0.15) is 25.3 Å². The van der Waals surface area contributed by atoms with Crippen LogP contribution in [-0.2, 0) is 10.2 Å². The van der Waals surface area contributed by atoms with E-state index in [1.54, 1.807) is 0 Å². The molecule has 1 aliphatic heterocycles. The second-order valence-electron chi connectivity index (χ2n) is 4.84. The number of piperidine rings is 1. The molecule has 1 saturated heterocycles. The number of hydrogen-bond donors (Lipinski definition) is 1. The van der Waals surface area contributed by atoms with Gasteiger partial charge in [-0.05, 0) is 43.6 Å². The molecule has 0 saturated carbocycles. The van der Waals surface area contributed by atoms with Crippen molar-refractivity contribution in [1.82, 2.24) is 5.32 Å². The van der Waals surface area contributed by atoms with Gasteiger partial charge >= 0.3 is 0 Å². The lowest BCUT2D eigenvalue weighted by molar-refractivity contribution is -0.113. The summed E-state index contributed by atoms with van der Waals surface area (Å²) in [6.07, 6.45) is 3.10. The van der Waals surface area contributed by atoms with Crippen LogP contribution in [0.25, 0.3) is 0 Å². The molecule has 92 valence electrons. The Kier molecular flexibility index (Phi) is 3.85. The minimum atomic E-state index is -0.0163. The maximum atomic E-state index is 11.2. The first kappa shape index (κ1) is 12.6. The maximum Gasteiger partial charge on any atom is 0.123 e. The van der Waals surface area contributed by atoms with Crippen molar-refractivity contribution in [3.05, 3.63) is 34.9 Å². The Morgan fingerprint density at radius 1 is 1.29 bits per heavy atom. The van der Waals surface area contributed by atoms with Gasteiger partial charge in [-0.25, -0.2) is 0 Å². The van der Waals surface area contributed by atoms with Crippen molar-refractivity contribution >= 4 is 17.9 Å². The van der Waals surface area contributed by atoms with E-state index in [0.29, 0.717) is 0 Å². The van der Waals surface area contributed by atoms with Crippen molar-refractivity contribution in [3.8, 4) is 0 Å². The first-order chi connectivity index (χ1) is 8.19. The molecule has 0 radical (unpaired) electrons. The Morgan fingerprint density at radius 2 is 1.88 bits per heavy atom. The Labute approximate surface area is 107 Å². The molecule has 0 aliphatic carbocycles. The second kappa shape index (κ2) is 5.19. The van der Waals surface area contributed by atoms with E-state index in [0.717, 1.165) is 37.2 Å². The minimum absolute atomic E-state index is 0.0163. The molecule has 17 heavy (non-hydrogen) atoms. The van der Waals surface area contributed by atoms with Crippen LogP contribution in [0.3, 0.4) is 0 Å². The van der Waals surface area contributed by atoms with Gasteiger partial charge in [-0.15, -0.1) is 0 Å². The lowest BCUT2D eigenvalue weighted by Gasteiger charge is -2.41. The van der Waals surface area contributed by atoms with Crippen molar-refractivity contribution < 1.29 is 4.79 Å². The predicted molar refractivity (Wildman–Crippen MR) is 70.5 cm³/mol. The van der Waals surface area contributed by atoms with Crippen molar-refractivity contribution in [3.63, 3.8) is 0 Å². The first-order valence-corrected chi connectivity index (χ1v) is 6.49. The first-order valence-electron chi connectivity index (χ1n) is 6.11. The number of hydrogen-bond acceptors (Lipinski definition) is 2. The van der Waals surface area contributed by atoms with Gasteiger partial charge in [0.05, 0.1) is 0 Å². The normalized spacial score (nSPS) is 20.8. The predicted octanol–water partition coefficient (Wildman–Crippen LogP) is 2.80. The Hall–Kier alpha value is -0.860. The standard InChI is InChI=1S/C14H18ClNO/c1-11(10-17)14(6-8-16-9-7-14)12-2-4-13(15)5-3-12/h2-5,10-11,16H,6-9H2,1H3. The van der Waals surface area contributed by atoms with Crippen molar-refractivity contribution in [2.45, 2.75) is 25.2 Å². The Balaban J connectivity index is 2.38. The molecule has 0 spiro atoms. The number of carbonyl (C=O) groups is 1. The summed E-state index contributed by atoms with van der Waals surface area (Å²) < 4.78 is 0. The molecule has 3 heteroatoms. The van der Waals surface area contributed by atoms with Gasteiger partial charge in [-0.1, -0.05) is 30.7 Å². The topological polar surface area (TPSA) is 29.1 Å². The highest BCUT2D eigenvalue weighted by molar-refractivity contribution is 6.30. The minimum Gasteiger partial charge on any atom is -0.317 e. The third-order valence-electron chi connectivity index (χ3n) is 3.99. The zero-order valence-electron chi connectivity index (χ0n) is 10.1. The maximum absolute atomic E-state index is 11.2. The highest BCUT2D eigenvalue weighted by Crippen LogP contribution is 2.39. The van der Waals surface area contributed by atoms with Gasteiger partial charge in [-0.3, -0.25) is 0 Å². The summed E-state index contributed by atoms with van der Waals surface area (Å²) in [4.78, 5) is 11.2. The highest BCUT2D eigenvalue weighted by Gasteiger charge is 2.38. The average Bonchev–Trinajstić information content (AvgIpc) is 2.39. The van der Waals surface area contributed by atoms with Crippen molar-refractivity contribution in [2.75, 3.05) is 13.1 Å². The number of benzene rings is 1. The molecule has 0 amide bonds. The third-order valence-corrected chi connectivity index (χ3v) is 4.24. The van der Waals surface area contributed by atoms with Crippen LogP contribution in [0, 0.1) is 5.92 Å². The van der Waals surface area contributed by atoms with Crippen molar-refractivity contribution in [2.24, 2.45) is 5.92 Å². The fraction of sp³-hybridized carbons (Fsp3) is 0.500. The van der Waals surface area contributed by atoms with E-state index in [-0.39, 0.29) is 11.3 Å². The summed E-state index contributed by atoms with van der Waals surface area (Å²) >= 11 is 5.93. The van der Waals surface area contributed by atoms with Crippen LogP contribution >= 0.6 is 11.6 Å². The summed E-state index contributed by atoms with van der Waals surface area (Å²) in [7, 11) is 0. The van der Waals surface area contributed by atoms with E-state index in [2.05, 4.69) is 17.4 Å². The van der Waals surface area contributed by atoms with Gasteiger partial charge in [0.1, 0.15) is 6.29 Å². The fourth-order valence-electron chi connectivity index (χ4n) is 2.79. The number of carbonyl (C=O) groups excluding carboxylic acids is 1. The van der Waals surface area contributed by atoms with E-state index in [9.17, 15) is 4.79 Å². The van der Waals surface area contributed by atoms with E-state index >= 15 is 0 Å². The molecular formula is C14H18ClNO. The monoisotopic (exact) mass is 251 g/mol. The van der Waals surface area contributed by atoms with E-state index in [1.165, 1.54) is 5.56 Å². The van der Waals surface area contributed by atoms with Crippen LogP contribution < -0.4 is 5.32 Å². The van der Waals surface area contributed by atoms with Crippen LogP contribution in [0.15, 0.2) is 24.3 Å². The zero-order chi connectivity index (χ0) is 12.3. The van der Waals surface area contributed by atoms with Crippen molar-refractivity contribution in [1.29, 1.82) is 0 Å². The van der Waals surface area contributed by atoms with Crippen LogP contribution in [0.4, 0.5) is 0 Å². The number of halogens is 1. The highest BCUT2D eigenvalue weighted by atomic mass is 35.5. The molecule has 2 rings (SSSR count). The van der Waals surface area contributed by atoms with Crippen LogP contribution in [0.5, 0.6) is 0 Å². The van der Waals surface area contributed by atoms with Gasteiger partial charge in [0.25, 0.3) is 0 Å². The molecule has 1 fully saturated rings. The summed E-state index contributed by atoms with van der Waals surface area (Å²) in [6, 6.07) is 7.96. The lowest BCUT2D eigenvalue weighted by atomic mass is 9.66. The van der Waals surface area contributed by atoms with Gasteiger partial charge in [-0.2, -0.15) is 0 Å². The summed E-state index contributed by atoms with van der Waals surface area (Å²) in [5.41, 5.74) is 1.22. The number of rotatable bonds is 3. The molecular weight excluding hydrogens is 234 g/mol. The largest absolute Gasteiger partial charge is 0.317 e. The summed E-state index contributed by atoms with van der Waals surface area (Å²) in [5.74, 6) is 0.0470. The molecule has 1 aromatic carbocycles. The van der Waals surface area contributed by atoms with E-state index < -0.39 is 0 Å². The number of aldehydes is 1. The smallest absolute Gasteiger partial charge is 0.123 e. The molecule has 1 N–H and O–H groups in total. The molecule has 1 atom stereocenters. The van der Waals surface area contributed by atoms with E-state index in [1.807, 2.05) is 19.1 Å². The molecule has 2 nitrogen and oxygen atoms in total. The van der Waals surface area contributed by atoms with Gasteiger partial charge < -0.3 is 10.1 Å². The molecule has 0 aromatic heterocycles. The quantitative estimate of drug-likeness (QED) is 0.837. The average molecular weight is 252 g/mol. The van der Waals surface area contributed by atoms with Gasteiger partial charge in [0.2, 0.25) is 0 Å². The van der Waals surface area contributed by atoms with Crippen LogP contribution in [0.2, 0.25) is 5.02 Å². The zero-order valence-corrected chi connectivity index (χ0v) is 10.8. The fourth-order valence-corrected chi connectivity index (χ4v) is 2.92. The molecule has 1 aromatic rings. The van der Waals surface area contributed by atoms with Gasteiger partial charge in [0, 0.05) is 16.4 Å². The molecule has 1 heterocycles. The molecule has 1 unspecified atom stereocenters. The van der Waals surface area contributed by atoms with Crippen LogP contribution in [-0.4, -0.2) is 19.4 Å². The Bertz CT molecular complexity index is 382. The SMILES string of the molecule is CC(C=O)C1(c2ccc(Cl)cc2)CCNCC1. The second-order valence-corrected chi connectivity index (χ2v) is 5.27. The molecule has 0 bridgehead atoms. The summed E-state index contributed by atoms with van der Waals surface area (Å²) in [6.45, 7) is 3.97. The van der Waals surface area contributed by atoms with Gasteiger partial charge in [0.15, 0.2) is 0 Å². The summed E-state index contributed by atoms with van der Waals surface area (Å²) in [5, 5.41) is 4.10. The van der Waals surface area contributed by atoms with E-state index in [4.69, 9.17) is 11.6 Å². The lowest BCUT2D eigenvalue weighted by Crippen LogP contribution is -2.44.